The highest BCUT2D eigenvalue weighted by Crippen LogP contribution is 2.22. The predicted molar refractivity (Wildman–Crippen MR) is 135 cm³/mol. The van der Waals surface area contributed by atoms with Crippen LogP contribution in [-0.4, -0.2) is 66.8 Å². The summed E-state index contributed by atoms with van der Waals surface area (Å²) in [6.07, 6.45) is 0. The van der Waals surface area contributed by atoms with Crippen LogP contribution in [-0.2, 0) is 10.0 Å². The zero-order valence-electron chi connectivity index (χ0n) is 19.5. The maximum absolute atomic E-state index is 13.0. The van der Waals surface area contributed by atoms with Gasteiger partial charge in [-0.15, -0.1) is 0 Å². The van der Waals surface area contributed by atoms with Crippen molar-refractivity contribution in [3.8, 4) is 17.1 Å². The van der Waals surface area contributed by atoms with Gasteiger partial charge in [0.2, 0.25) is 10.0 Å². The minimum Gasteiger partial charge on any atom is -0.497 e. The SMILES string of the molecule is COc1ccc(S(=O)(=O)N2CCN(C(=O)c3ccc(-c4nc5ccccc5c(=O)[nH]4)cc3)CC2)cc1. The van der Waals surface area contributed by atoms with Crippen LogP contribution in [0.3, 0.4) is 0 Å². The van der Waals surface area contributed by atoms with Crippen molar-refractivity contribution in [1.82, 2.24) is 19.2 Å². The molecular formula is C26H24N4O5S. The van der Waals surface area contributed by atoms with Crippen molar-refractivity contribution in [2.24, 2.45) is 0 Å². The second kappa shape index (κ2) is 9.56. The van der Waals surface area contributed by atoms with E-state index >= 15 is 0 Å². The fourth-order valence-electron chi connectivity index (χ4n) is 4.20. The van der Waals surface area contributed by atoms with E-state index in [-0.39, 0.29) is 42.5 Å². The van der Waals surface area contributed by atoms with Crippen LogP contribution in [0, 0.1) is 0 Å². The Labute approximate surface area is 208 Å². The molecule has 0 radical (unpaired) electrons. The summed E-state index contributed by atoms with van der Waals surface area (Å²) in [5.74, 6) is 0.830. The Kier molecular flexibility index (Phi) is 6.29. The van der Waals surface area contributed by atoms with Crippen molar-refractivity contribution in [2.75, 3.05) is 33.3 Å². The van der Waals surface area contributed by atoms with Crippen molar-refractivity contribution in [3.63, 3.8) is 0 Å². The number of methoxy groups -OCH3 is 1. The maximum Gasteiger partial charge on any atom is 0.259 e. The number of sulfonamides is 1. The molecule has 10 heteroatoms. The summed E-state index contributed by atoms with van der Waals surface area (Å²) in [6, 6.07) is 20.2. The lowest BCUT2D eigenvalue weighted by Gasteiger charge is -2.34. The summed E-state index contributed by atoms with van der Waals surface area (Å²) in [7, 11) is -2.13. The van der Waals surface area contributed by atoms with Gasteiger partial charge in [-0.3, -0.25) is 9.59 Å². The number of ether oxygens (including phenoxy) is 1. The standard InChI is InChI=1S/C26H24N4O5S/c1-35-20-10-12-21(13-11-20)36(33,34)30-16-14-29(15-17-30)26(32)19-8-6-18(7-9-19)24-27-23-5-3-2-4-22(23)25(31)28-24/h2-13H,14-17H2,1H3,(H,27,28,31). The third-order valence-electron chi connectivity index (χ3n) is 6.24. The smallest absolute Gasteiger partial charge is 0.259 e. The van der Waals surface area contributed by atoms with E-state index in [1.807, 2.05) is 6.07 Å². The molecule has 1 aromatic heterocycles. The first-order valence-electron chi connectivity index (χ1n) is 11.4. The number of aromatic amines is 1. The van der Waals surface area contributed by atoms with Crippen LogP contribution < -0.4 is 10.3 Å². The third kappa shape index (κ3) is 4.48. The molecule has 1 saturated heterocycles. The Morgan fingerprint density at radius 1 is 0.917 bits per heavy atom. The van der Waals surface area contributed by atoms with Crippen molar-refractivity contribution >= 4 is 26.8 Å². The molecule has 0 aliphatic carbocycles. The number of nitrogens with one attached hydrogen (secondary N) is 1. The topological polar surface area (TPSA) is 113 Å². The van der Waals surface area contributed by atoms with Gasteiger partial charge in [-0.1, -0.05) is 24.3 Å². The van der Waals surface area contributed by atoms with Crippen molar-refractivity contribution in [1.29, 1.82) is 0 Å². The molecule has 5 rings (SSSR count). The molecule has 0 atom stereocenters. The number of nitrogens with zero attached hydrogens (tertiary/aromatic N) is 3. The highest BCUT2D eigenvalue weighted by atomic mass is 32.2. The second-order valence-corrected chi connectivity index (χ2v) is 10.3. The molecule has 0 bridgehead atoms. The van der Waals surface area contributed by atoms with Crippen LogP contribution in [0.25, 0.3) is 22.3 Å². The lowest BCUT2D eigenvalue weighted by molar-refractivity contribution is 0.0698. The van der Waals surface area contributed by atoms with Crippen LogP contribution in [0.5, 0.6) is 5.75 Å². The molecule has 1 fully saturated rings. The van der Waals surface area contributed by atoms with Crippen molar-refractivity contribution in [2.45, 2.75) is 4.90 Å². The minimum absolute atomic E-state index is 0.178. The first-order valence-corrected chi connectivity index (χ1v) is 12.8. The lowest BCUT2D eigenvalue weighted by atomic mass is 10.1. The van der Waals surface area contributed by atoms with Gasteiger partial charge in [-0.2, -0.15) is 4.31 Å². The van der Waals surface area contributed by atoms with Crippen LogP contribution in [0.2, 0.25) is 0 Å². The van der Waals surface area contributed by atoms with Crippen LogP contribution in [0.1, 0.15) is 10.4 Å². The fourth-order valence-corrected chi connectivity index (χ4v) is 5.63. The molecule has 36 heavy (non-hydrogen) atoms. The van der Waals surface area contributed by atoms with Crippen molar-refractivity contribution in [3.05, 3.63) is 88.7 Å². The molecule has 0 spiro atoms. The molecule has 9 nitrogen and oxygen atoms in total. The Bertz CT molecular complexity index is 1570. The largest absolute Gasteiger partial charge is 0.497 e. The van der Waals surface area contributed by atoms with Gasteiger partial charge < -0.3 is 14.6 Å². The van der Waals surface area contributed by atoms with Crippen LogP contribution in [0.15, 0.2) is 82.5 Å². The molecule has 1 N–H and O–H groups in total. The van der Waals surface area contributed by atoms with E-state index in [0.717, 1.165) is 0 Å². The molecule has 2 heterocycles. The second-order valence-electron chi connectivity index (χ2n) is 8.38. The number of piperazine rings is 1. The molecule has 4 aromatic rings. The number of rotatable bonds is 5. The molecular weight excluding hydrogens is 480 g/mol. The fraction of sp³-hybridized carbons (Fsp3) is 0.192. The van der Waals surface area contributed by atoms with E-state index in [2.05, 4.69) is 9.97 Å². The zero-order valence-corrected chi connectivity index (χ0v) is 20.4. The number of carbonyl (C=O) groups is 1. The molecule has 184 valence electrons. The summed E-state index contributed by atoms with van der Waals surface area (Å²) >= 11 is 0. The maximum atomic E-state index is 13.0. The quantitative estimate of drug-likeness (QED) is 0.447. The summed E-state index contributed by atoms with van der Waals surface area (Å²) in [4.78, 5) is 34.5. The van der Waals surface area contributed by atoms with E-state index in [0.29, 0.717) is 33.6 Å². The monoisotopic (exact) mass is 504 g/mol. The number of carbonyl (C=O) groups excluding carboxylic acids is 1. The van der Waals surface area contributed by atoms with E-state index in [1.165, 1.54) is 23.5 Å². The molecule has 1 aliphatic rings. The lowest BCUT2D eigenvalue weighted by Crippen LogP contribution is -2.50. The van der Waals surface area contributed by atoms with Crippen LogP contribution >= 0.6 is 0 Å². The van der Waals surface area contributed by atoms with Crippen molar-refractivity contribution < 1.29 is 17.9 Å². The average molecular weight is 505 g/mol. The summed E-state index contributed by atoms with van der Waals surface area (Å²) in [6.45, 7) is 0.992. The molecule has 0 unspecified atom stereocenters. The van der Waals surface area contributed by atoms with Gasteiger partial charge in [-0.25, -0.2) is 13.4 Å². The minimum atomic E-state index is -3.65. The molecule has 0 saturated carbocycles. The first-order chi connectivity index (χ1) is 17.4. The van der Waals surface area contributed by atoms with E-state index in [9.17, 15) is 18.0 Å². The van der Waals surface area contributed by atoms with Gasteiger partial charge in [0.15, 0.2) is 0 Å². The molecule has 1 amide bonds. The summed E-state index contributed by atoms with van der Waals surface area (Å²) in [5.41, 5.74) is 1.54. The van der Waals surface area contributed by atoms with Gasteiger partial charge in [0.05, 0.1) is 22.9 Å². The van der Waals surface area contributed by atoms with Gasteiger partial charge in [-0.05, 0) is 48.5 Å². The van der Waals surface area contributed by atoms with Gasteiger partial charge in [0.1, 0.15) is 11.6 Å². The highest BCUT2D eigenvalue weighted by Gasteiger charge is 2.30. The van der Waals surface area contributed by atoms with Gasteiger partial charge in [0.25, 0.3) is 11.5 Å². The molecule has 1 aliphatic heterocycles. The summed E-state index contributed by atoms with van der Waals surface area (Å²) in [5, 5.41) is 0.515. The first kappa shape index (κ1) is 23.7. The number of para-hydroxylation sites is 1. The zero-order chi connectivity index (χ0) is 25.3. The third-order valence-corrected chi connectivity index (χ3v) is 8.15. The number of amides is 1. The highest BCUT2D eigenvalue weighted by molar-refractivity contribution is 7.89. The van der Waals surface area contributed by atoms with Gasteiger partial charge in [0, 0.05) is 37.3 Å². The number of aromatic nitrogens is 2. The number of hydrogen-bond donors (Lipinski definition) is 1. The predicted octanol–water partition coefficient (Wildman–Crippen LogP) is 2.75. The number of benzene rings is 3. The van der Waals surface area contributed by atoms with E-state index < -0.39 is 10.0 Å². The Morgan fingerprint density at radius 3 is 2.25 bits per heavy atom. The number of H-pyrrole nitrogens is 1. The van der Waals surface area contributed by atoms with Gasteiger partial charge >= 0.3 is 0 Å². The van der Waals surface area contributed by atoms with E-state index in [4.69, 9.17) is 4.74 Å². The summed E-state index contributed by atoms with van der Waals surface area (Å²) < 4.78 is 32.4. The number of fused-ring (bicyclic) bond motifs is 1. The normalized spacial score (nSPS) is 14.6. The Hall–Kier alpha value is -4.02. The molecule has 3 aromatic carbocycles. The van der Waals surface area contributed by atoms with Crippen LogP contribution in [0.4, 0.5) is 0 Å². The Morgan fingerprint density at radius 2 is 1.58 bits per heavy atom. The number of hydrogen-bond acceptors (Lipinski definition) is 6. The van der Waals surface area contributed by atoms with E-state index in [1.54, 1.807) is 59.5 Å². The Balaban J connectivity index is 1.27. The average Bonchev–Trinajstić information content (AvgIpc) is 2.93.